The Morgan fingerprint density at radius 1 is 1.35 bits per heavy atom. The van der Waals surface area contributed by atoms with Gasteiger partial charge in [-0.3, -0.25) is 0 Å². The molecule has 0 aromatic carbocycles. The number of hydrogen-bond acceptors (Lipinski definition) is 4. The molecule has 0 bridgehead atoms. The summed E-state index contributed by atoms with van der Waals surface area (Å²) >= 11 is 0. The van der Waals surface area contributed by atoms with E-state index >= 15 is 0 Å². The fraction of sp³-hybridized carbons (Fsp3) is 0.846. The minimum absolute atomic E-state index is 0.104. The summed E-state index contributed by atoms with van der Waals surface area (Å²) in [7, 11) is 0. The van der Waals surface area contributed by atoms with Gasteiger partial charge in [-0.1, -0.05) is 0 Å². The molecule has 7 nitrogen and oxygen atoms in total. The number of nitrogens with one attached hydrogen (secondary N) is 2. The second-order valence-corrected chi connectivity index (χ2v) is 5.80. The third-order valence-electron chi connectivity index (χ3n) is 3.52. The molecule has 1 aliphatic carbocycles. The zero-order valence-corrected chi connectivity index (χ0v) is 11.9. The molecule has 1 saturated carbocycles. The number of rotatable bonds is 8. The Hall–Kier alpha value is -1.34. The van der Waals surface area contributed by atoms with Crippen LogP contribution in [0.25, 0.3) is 0 Å². The lowest BCUT2D eigenvalue weighted by molar-refractivity contribution is -0.159. The first-order valence-corrected chi connectivity index (χ1v) is 7.10. The summed E-state index contributed by atoms with van der Waals surface area (Å²) in [4.78, 5) is 23.9. The van der Waals surface area contributed by atoms with Crippen molar-refractivity contribution < 1.29 is 19.4 Å². The molecule has 2 fully saturated rings. The van der Waals surface area contributed by atoms with E-state index in [1.807, 2.05) is 6.92 Å². The molecule has 0 atom stereocenters. The van der Waals surface area contributed by atoms with Gasteiger partial charge >= 0.3 is 12.0 Å². The molecule has 20 heavy (non-hydrogen) atoms. The Morgan fingerprint density at radius 2 is 2.05 bits per heavy atom. The van der Waals surface area contributed by atoms with E-state index in [1.165, 1.54) is 12.8 Å². The first kappa shape index (κ1) is 15.1. The molecule has 1 aliphatic heterocycles. The van der Waals surface area contributed by atoms with Crippen molar-refractivity contribution in [2.45, 2.75) is 37.8 Å². The molecule has 0 aromatic heterocycles. The Kier molecular flexibility index (Phi) is 4.82. The highest BCUT2D eigenvalue weighted by Crippen LogP contribution is 2.24. The van der Waals surface area contributed by atoms with Gasteiger partial charge in [0.2, 0.25) is 0 Å². The van der Waals surface area contributed by atoms with Crippen molar-refractivity contribution in [3.05, 3.63) is 0 Å². The summed E-state index contributed by atoms with van der Waals surface area (Å²) in [6, 6.07) is 0.598. The number of carbonyl (C=O) groups is 2. The van der Waals surface area contributed by atoms with E-state index in [9.17, 15) is 9.59 Å². The topological polar surface area (TPSA) is 90.9 Å². The van der Waals surface area contributed by atoms with Crippen LogP contribution in [0.3, 0.4) is 0 Å². The highest BCUT2D eigenvalue weighted by molar-refractivity contribution is 5.75. The van der Waals surface area contributed by atoms with Gasteiger partial charge in [0.1, 0.15) is 12.2 Å². The number of carboxylic acids is 1. The standard InChI is InChI=1S/C13H23N3O4/c1-13(20-7-11(17)18)8-16(9-13)12(19)15-6-2-5-14-10-3-4-10/h10,14H,2-9H2,1H3,(H,15,19)(H,17,18). The molecule has 2 rings (SSSR count). The number of aliphatic carboxylic acids is 1. The highest BCUT2D eigenvalue weighted by Gasteiger charge is 2.42. The van der Waals surface area contributed by atoms with E-state index in [1.54, 1.807) is 4.90 Å². The Labute approximate surface area is 118 Å². The van der Waals surface area contributed by atoms with E-state index in [0.717, 1.165) is 13.0 Å². The largest absolute Gasteiger partial charge is 0.480 e. The Balaban J connectivity index is 1.52. The normalized spacial score (nSPS) is 20.4. The minimum Gasteiger partial charge on any atom is -0.480 e. The van der Waals surface area contributed by atoms with Gasteiger partial charge in [-0.15, -0.1) is 0 Å². The molecule has 0 radical (unpaired) electrons. The molecule has 2 aliphatic rings. The molecule has 0 spiro atoms. The molecule has 0 aromatic rings. The van der Waals surface area contributed by atoms with Gasteiger partial charge in [-0.2, -0.15) is 0 Å². The first-order valence-electron chi connectivity index (χ1n) is 7.10. The molecular formula is C13H23N3O4. The quantitative estimate of drug-likeness (QED) is 0.547. The maximum absolute atomic E-state index is 11.8. The van der Waals surface area contributed by atoms with Gasteiger partial charge in [0.05, 0.1) is 13.1 Å². The number of hydrogen-bond donors (Lipinski definition) is 3. The summed E-state index contributed by atoms with van der Waals surface area (Å²) in [5.74, 6) is -0.989. The molecule has 114 valence electrons. The van der Waals surface area contributed by atoms with E-state index in [0.29, 0.717) is 25.7 Å². The monoisotopic (exact) mass is 285 g/mol. The fourth-order valence-electron chi connectivity index (χ4n) is 2.22. The third-order valence-corrected chi connectivity index (χ3v) is 3.52. The average Bonchev–Trinajstić information content (AvgIpc) is 3.16. The summed E-state index contributed by atoms with van der Waals surface area (Å²) in [5.41, 5.74) is -0.525. The molecular weight excluding hydrogens is 262 g/mol. The summed E-state index contributed by atoms with van der Waals surface area (Å²) < 4.78 is 5.25. The Bertz CT molecular complexity index is 365. The van der Waals surface area contributed by atoms with E-state index in [4.69, 9.17) is 9.84 Å². The lowest BCUT2D eigenvalue weighted by Crippen LogP contribution is -2.65. The molecule has 3 N–H and O–H groups in total. The number of carboxylic acid groups (broad SMARTS) is 1. The van der Waals surface area contributed by atoms with Crippen LogP contribution >= 0.6 is 0 Å². The zero-order valence-electron chi connectivity index (χ0n) is 11.9. The van der Waals surface area contributed by atoms with Crippen LogP contribution in [0.5, 0.6) is 0 Å². The van der Waals surface area contributed by atoms with Crippen molar-refractivity contribution in [2.24, 2.45) is 0 Å². The summed E-state index contributed by atoms with van der Waals surface area (Å²) in [5, 5.41) is 14.8. The maximum atomic E-state index is 11.8. The number of likely N-dealkylation sites (tertiary alicyclic amines) is 1. The summed E-state index contributed by atoms with van der Waals surface area (Å²) in [6.07, 6.45) is 3.47. The molecule has 0 unspecified atom stereocenters. The number of urea groups is 1. The van der Waals surface area contributed by atoms with Crippen molar-refractivity contribution >= 4 is 12.0 Å². The number of nitrogens with zero attached hydrogens (tertiary/aromatic N) is 1. The van der Waals surface area contributed by atoms with Crippen LogP contribution in [-0.2, 0) is 9.53 Å². The van der Waals surface area contributed by atoms with Crippen LogP contribution in [0.2, 0.25) is 0 Å². The van der Waals surface area contributed by atoms with Crippen molar-refractivity contribution in [1.29, 1.82) is 0 Å². The summed E-state index contributed by atoms with van der Waals surface area (Å²) in [6.45, 7) is 3.96. The van der Waals surface area contributed by atoms with Crippen LogP contribution in [-0.4, -0.2) is 66.4 Å². The van der Waals surface area contributed by atoms with Crippen molar-refractivity contribution in [3.8, 4) is 0 Å². The maximum Gasteiger partial charge on any atom is 0.329 e. The van der Waals surface area contributed by atoms with Crippen LogP contribution in [0.4, 0.5) is 4.79 Å². The van der Waals surface area contributed by atoms with Crippen LogP contribution in [0.1, 0.15) is 26.2 Å². The van der Waals surface area contributed by atoms with E-state index in [2.05, 4.69) is 10.6 Å². The van der Waals surface area contributed by atoms with Crippen LogP contribution in [0, 0.1) is 0 Å². The first-order chi connectivity index (χ1) is 9.48. The van der Waals surface area contributed by atoms with Gasteiger partial charge < -0.3 is 25.4 Å². The van der Waals surface area contributed by atoms with Gasteiger partial charge in [0.25, 0.3) is 0 Å². The van der Waals surface area contributed by atoms with E-state index in [-0.39, 0.29) is 12.6 Å². The second kappa shape index (κ2) is 6.41. The van der Waals surface area contributed by atoms with Gasteiger partial charge in [-0.25, -0.2) is 9.59 Å². The van der Waals surface area contributed by atoms with Gasteiger partial charge in [-0.05, 0) is 32.7 Å². The minimum atomic E-state index is -0.989. The molecule has 7 heteroatoms. The van der Waals surface area contributed by atoms with Gasteiger partial charge in [0, 0.05) is 12.6 Å². The van der Waals surface area contributed by atoms with E-state index < -0.39 is 11.6 Å². The zero-order chi connectivity index (χ0) is 14.6. The average molecular weight is 285 g/mol. The lowest BCUT2D eigenvalue weighted by atomic mass is 9.97. The highest BCUT2D eigenvalue weighted by atomic mass is 16.5. The van der Waals surface area contributed by atoms with Crippen LogP contribution in [0.15, 0.2) is 0 Å². The number of ether oxygens (including phenoxy) is 1. The van der Waals surface area contributed by atoms with Crippen molar-refractivity contribution in [3.63, 3.8) is 0 Å². The molecule has 1 heterocycles. The lowest BCUT2D eigenvalue weighted by Gasteiger charge is -2.46. The van der Waals surface area contributed by atoms with Gasteiger partial charge in [0.15, 0.2) is 0 Å². The smallest absolute Gasteiger partial charge is 0.329 e. The molecule has 2 amide bonds. The SMILES string of the molecule is CC1(OCC(=O)O)CN(C(=O)NCCCNC2CC2)C1. The predicted octanol–water partition coefficient (Wildman–Crippen LogP) is 0.0136. The number of amides is 2. The van der Waals surface area contributed by atoms with Crippen molar-refractivity contribution in [2.75, 3.05) is 32.8 Å². The van der Waals surface area contributed by atoms with Crippen molar-refractivity contribution in [1.82, 2.24) is 15.5 Å². The molecule has 1 saturated heterocycles. The third kappa shape index (κ3) is 4.64. The predicted molar refractivity (Wildman–Crippen MR) is 72.6 cm³/mol. The fourth-order valence-corrected chi connectivity index (χ4v) is 2.22. The second-order valence-electron chi connectivity index (χ2n) is 5.80. The number of carbonyl (C=O) groups excluding carboxylic acids is 1. The Morgan fingerprint density at radius 3 is 2.65 bits per heavy atom. The van der Waals surface area contributed by atoms with Crippen LogP contribution < -0.4 is 10.6 Å².